The van der Waals surface area contributed by atoms with Gasteiger partial charge in [0, 0.05) is 32.3 Å². The van der Waals surface area contributed by atoms with E-state index in [2.05, 4.69) is 23.1 Å². The van der Waals surface area contributed by atoms with Crippen molar-refractivity contribution in [1.82, 2.24) is 10.2 Å². The molecule has 0 atom stereocenters. The average molecular weight is 252 g/mol. The molecule has 1 aliphatic heterocycles. The van der Waals surface area contributed by atoms with Crippen LogP contribution in [0.25, 0.3) is 0 Å². The van der Waals surface area contributed by atoms with Crippen LogP contribution in [0, 0.1) is 12.3 Å². The molecule has 3 heteroatoms. The summed E-state index contributed by atoms with van der Waals surface area (Å²) in [6, 6.07) is 0.676. The Morgan fingerprint density at radius 2 is 2.00 bits per heavy atom. The number of piperidine rings is 1. The lowest BCUT2D eigenvalue weighted by molar-refractivity contribution is 0.127. The molecule has 0 aromatic carbocycles. The molecule has 18 heavy (non-hydrogen) atoms. The summed E-state index contributed by atoms with van der Waals surface area (Å²) in [5.74, 6) is 2.72. The molecular weight excluding hydrogens is 224 g/mol. The van der Waals surface area contributed by atoms with E-state index in [1.54, 1.807) is 0 Å². The lowest BCUT2D eigenvalue weighted by Crippen LogP contribution is -2.42. The van der Waals surface area contributed by atoms with Crippen molar-refractivity contribution >= 4 is 0 Å². The smallest absolute Gasteiger partial charge is 0.0598 e. The summed E-state index contributed by atoms with van der Waals surface area (Å²) in [7, 11) is 0. The zero-order chi connectivity index (χ0) is 13.1. The molecule has 1 aliphatic rings. The molecule has 1 N–H and O–H groups in total. The molecule has 0 bridgehead atoms. The lowest BCUT2D eigenvalue weighted by Gasteiger charge is -2.31. The highest BCUT2D eigenvalue weighted by Crippen LogP contribution is 2.09. The molecular formula is C15H28N2O. The highest BCUT2D eigenvalue weighted by Gasteiger charge is 2.17. The molecule has 1 saturated heterocycles. The van der Waals surface area contributed by atoms with E-state index < -0.39 is 0 Å². The summed E-state index contributed by atoms with van der Waals surface area (Å²) in [6.45, 7) is 8.15. The minimum atomic E-state index is 0.676. The Morgan fingerprint density at radius 1 is 1.28 bits per heavy atom. The summed E-state index contributed by atoms with van der Waals surface area (Å²) < 4.78 is 5.54. The zero-order valence-corrected chi connectivity index (χ0v) is 11.8. The van der Waals surface area contributed by atoms with Crippen molar-refractivity contribution in [3.8, 4) is 12.3 Å². The summed E-state index contributed by atoms with van der Waals surface area (Å²) in [4.78, 5) is 2.35. The number of unbranched alkanes of at least 4 members (excludes halogenated alkanes) is 1. The Balaban J connectivity index is 1.90. The minimum Gasteiger partial charge on any atom is -0.381 e. The van der Waals surface area contributed by atoms with Gasteiger partial charge in [-0.05, 0) is 32.2 Å². The van der Waals surface area contributed by atoms with E-state index in [4.69, 9.17) is 11.2 Å². The largest absolute Gasteiger partial charge is 0.381 e. The molecule has 0 saturated carbocycles. The predicted molar refractivity (Wildman–Crippen MR) is 76.6 cm³/mol. The molecule has 1 heterocycles. The lowest BCUT2D eigenvalue weighted by atomic mass is 10.1. The number of nitrogens with zero attached hydrogens (tertiary/aromatic N) is 1. The van der Waals surface area contributed by atoms with Crippen molar-refractivity contribution in [2.24, 2.45) is 0 Å². The number of rotatable bonds is 9. The van der Waals surface area contributed by atoms with Crippen molar-refractivity contribution in [1.29, 1.82) is 0 Å². The van der Waals surface area contributed by atoms with Gasteiger partial charge in [-0.15, -0.1) is 6.42 Å². The third kappa shape index (κ3) is 7.00. The van der Waals surface area contributed by atoms with Crippen molar-refractivity contribution < 1.29 is 4.74 Å². The van der Waals surface area contributed by atoms with Gasteiger partial charge in [-0.1, -0.05) is 19.3 Å². The van der Waals surface area contributed by atoms with E-state index in [0.717, 1.165) is 45.8 Å². The second kappa shape index (κ2) is 10.4. The van der Waals surface area contributed by atoms with E-state index in [9.17, 15) is 0 Å². The third-order valence-corrected chi connectivity index (χ3v) is 3.44. The van der Waals surface area contributed by atoms with Crippen LogP contribution in [0.15, 0.2) is 0 Å². The number of hydrogen-bond donors (Lipinski definition) is 1. The quantitative estimate of drug-likeness (QED) is 0.501. The van der Waals surface area contributed by atoms with Crippen molar-refractivity contribution in [3.63, 3.8) is 0 Å². The molecule has 0 spiro atoms. The maximum atomic E-state index is 5.54. The van der Waals surface area contributed by atoms with Gasteiger partial charge >= 0.3 is 0 Å². The Morgan fingerprint density at radius 3 is 2.67 bits per heavy atom. The molecule has 104 valence electrons. The van der Waals surface area contributed by atoms with Crippen LogP contribution in [0.5, 0.6) is 0 Å². The fourth-order valence-corrected chi connectivity index (χ4v) is 2.25. The van der Waals surface area contributed by atoms with Gasteiger partial charge in [0.2, 0.25) is 0 Å². The Labute approximate surface area is 112 Å². The van der Waals surface area contributed by atoms with Gasteiger partial charge in [0.15, 0.2) is 0 Å². The number of nitrogens with one attached hydrogen (secondary N) is 1. The van der Waals surface area contributed by atoms with E-state index in [1.807, 2.05) is 0 Å². The van der Waals surface area contributed by atoms with Crippen LogP contribution < -0.4 is 5.32 Å². The van der Waals surface area contributed by atoms with Gasteiger partial charge in [-0.3, -0.25) is 4.90 Å². The maximum absolute atomic E-state index is 5.54. The topological polar surface area (TPSA) is 24.5 Å². The van der Waals surface area contributed by atoms with Gasteiger partial charge in [0.25, 0.3) is 0 Å². The SMILES string of the molecule is C#CCN1CCC(NCCCOCCCC)CC1. The Kier molecular flexibility index (Phi) is 8.93. The minimum absolute atomic E-state index is 0.676. The van der Waals surface area contributed by atoms with Crippen LogP contribution in [0.4, 0.5) is 0 Å². The van der Waals surface area contributed by atoms with Gasteiger partial charge in [-0.2, -0.15) is 0 Å². The monoisotopic (exact) mass is 252 g/mol. The highest BCUT2D eigenvalue weighted by atomic mass is 16.5. The molecule has 0 aliphatic carbocycles. The first-order valence-electron chi connectivity index (χ1n) is 7.33. The van der Waals surface area contributed by atoms with Crippen molar-refractivity contribution in [2.75, 3.05) is 39.4 Å². The Bertz CT molecular complexity index is 229. The van der Waals surface area contributed by atoms with Crippen LogP contribution in [-0.4, -0.2) is 50.3 Å². The van der Waals surface area contributed by atoms with Crippen LogP contribution in [0.2, 0.25) is 0 Å². The molecule has 0 radical (unpaired) electrons. The summed E-state index contributed by atoms with van der Waals surface area (Å²) in [6.07, 6.45) is 11.3. The van der Waals surface area contributed by atoms with Crippen molar-refractivity contribution in [3.05, 3.63) is 0 Å². The Hall–Kier alpha value is -0.560. The first kappa shape index (κ1) is 15.5. The van der Waals surface area contributed by atoms with Gasteiger partial charge < -0.3 is 10.1 Å². The number of likely N-dealkylation sites (tertiary alicyclic amines) is 1. The standard InChI is InChI=1S/C15H28N2O/c1-3-5-13-18-14-6-9-16-15-7-11-17(10-4-2)12-8-15/h2,15-16H,3,5-14H2,1H3. The van der Waals surface area contributed by atoms with Crippen LogP contribution >= 0.6 is 0 Å². The summed E-state index contributed by atoms with van der Waals surface area (Å²) in [5, 5.41) is 3.62. The van der Waals surface area contributed by atoms with E-state index in [1.165, 1.54) is 25.7 Å². The average Bonchev–Trinajstić information content (AvgIpc) is 2.40. The van der Waals surface area contributed by atoms with Gasteiger partial charge in [0.1, 0.15) is 0 Å². The number of hydrogen-bond acceptors (Lipinski definition) is 3. The van der Waals surface area contributed by atoms with E-state index >= 15 is 0 Å². The van der Waals surface area contributed by atoms with Gasteiger partial charge in [-0.25, -0.2) is 0 Å². The molecule has 0 aromatic heterocycles. The first-order valence-corrected chi connectivity index (χ1v) is 7.33. The molecule has 1 rings (SSSR count). The fourth-order valence-electron chi connectivity index (χ4n) is 2.25. The molecule has 0 unspecified atom stereocenters. The first-order chi connectivity index (χ1) is 8.86. The summed E-state index contributed by atoms with van der Waals surface area (Å²) in [5.41, 5.74) is 0. The molecule has 1 fully saturated rings. The third-order valence-electron chi connectivity index (χ3n) is 3.44. The van der Waals surface area contributed by atoms with Crippen LogP contribution in [-0.2, 0) is 4.74 Å². The zero-order valence-electron chi connectivity index (χ0n) is 11.8. The van der Waals surface area contributed by atoms with Crippen LogP contribution in [0.3, 0.4) is 0 Å². The van der Waals surface area contributed by atoms with Crippen molar-refractivity contribution in [2.45, 2.75) is 45.1 Å². The van der Waals surface area contributed by atoms with E-state index in [0.29, 0.717) is 6.04 Å². The number of ether oxygens (including phenoxy) is 1. The molecule has 3 nitrogen and oxygen atoms in total. The van der Waals surface area contributed by atoms with E-state index in [-0.39, 0.29) is 0 Å². The second-order valence-electron chi connectivity index (χ2n) is 5.03. The molecule has 0 aromatic rings. The maximum Gasteiger partial charge on any atom is 0.0598 e. The fraction of sp³-hybridized carbons (Fsp3) is 0.867. The predicted octanol–water partition coefficient (Wildman–Crippen LogP) is 1.88. The van der Waals surface area contributed by atoms with Gasteiger partial charge in [0.05, 0.1) is 6.54 Å². The second-order valence-corrected chi connectivity index (χ2v) is 5.03. The normalized spacial score (nSPS) is 17.8. The number of terminal acetylenes is 1. The highest BCUT2D eigenvalue weighted by molar-refractivity contribution is 4.90. The summed E-state index contributed by atoms with van der Waals surface area (Å²) >= 11 is 0. The van der Waals surface area contributed by atoms with Crippen LogP contribution in [0.1, 0.15) is 39.0 Å². The molecule has 0 amide bonds.